The van der Waals surface area contributed by atoms with Crippen molar-refractivity contribution >= 4 is 11.7 Å². The van der Waals surface area contributed by atoms with E-state index in [1.54, 1.807) is 44.6 Å². The van der Waals surface area contributed by atoms with Gasteiger partial charge in [-0.05, 0) is 37.1 Å². The molecule has 0 saturated carbocycles. The second kappa shape index (κ2) is 10.3. The molecular weight excluding hydrogens is 385 g/mol. The minimum Gasteiger partial charge on any atom is -0.497 e. The summed E-state index contributed by atoms with van der Waals surface area (Å²) in [6.07, 6.45) is 1.81. The van der Waals surface area contributed by atoms with Gasteiger partial charge in [-0.1, -0.05) is 19.1 Å². The van der Waals surface area contributed by atoms with Gasteiger partial charge in [0.25, 0.3) is 0 Å². The van der Waals surface area contributed by atoms with Gasteiger partial charge in [0.1, 0.15) is 17.3 Å². The summed E-state index contributed by atoms with van der Waals surface area (Å²) in [7, 11) is 3.14. The third-order valence-electron chi connectivity index (χ3n) is 5.57. The Morgan fingerprint density at radius 3 is 2.23 bits per heavy atom. The van der Waals surface area contributed by atoms with Crippen LogP contribution in [0.3, 0.4) is 0 Å². The molecular formula is C23H30FN3O3. The van der Waals surface area contributed by atoms with Crippen LogP contribution in [0.5, 0.6) is 11.5 Å². The minimum absolute atomic E-state index is 0.116. The van der Waals surface area contributed by atoms with Crippen LogP contribution in [-0.4, -0.2) is 55.7 Å². The highest BCUT2D eigenvalue weighted by molar-refractivity contribution is 5.90. The number of hydrogen-bond donors (Lipinski definition) is 1. The molecule has 1 heterocycles. The molecule has 1 aliphatic heterocycles. The molecule has 1 saturated heterocycles. The molecule has 1 fully saturated rings. The highest BCUT2D eigenvalue weighted by atomic mass is 19.1. The van der Waals surface area contributed by atoms with Gasteiger partial charge in [-0.15, -0.1) is 0 Å². The van der Waals surface area contributed by atoms with E-state index in [0.29, 0.717) is 23.7 Å². The van der Waals surface area contributed by atoms with E-state index >= 15 is 0 Å². The fourth-order valence-corrected chi connectivity index (χ4v) is 3.78. The zero-order valence-electron chi connectivity index (χ0n) is 17.9. The lowest BCUT2D eigenvalue weighted by Crippen LogP contribution is -2.48. The van der Waals surface area contributed by atoms with Crippen molar-refractivity contribution < 1.29 is 18.7 Å². The summed E-state index contributed by atoms with van der Waals surface area (Å²) in [5.74, 6) is 0.923. The Hall–Kier alpha value is -2.80. The second-order valence-corrected chi connectivity index (χ2v) is 7.45. The van der Waals surface area contributed by atoms with Gasteiger partial charge in [-0.25, -0.2) is 9.18 Å². The standard InChI is InChI=1S/C23H30FN3O3/c1-4-26-11-9-20(10-12-26)27(16-17-5-7-18(24)8-6-17)23(28)25-19-13-21(29-2)15-22(14-19)30-3/h5-8,13-15,20H,4,9-12,16H2,1-3H3,(H,25,28). The maximum atomic E-state index is 13.3. The molecule has 2 aromatic carbocycles. The first-order valence-electron chi connectivity index (χ1n) is 10.3. The van der Waals surface area contributed by atoms with E-state index in [9.17, 15) is 9.18 Å². The average molecular weight is 416 g/mol. The van der Waals surface area contributed by atoms with Crippen molar-refractivity contribution in [1.29, 1.82) is 0 Å². The number of carbonyl (C=O) groups excluding carboxylic acids is 1. The Morgan fingerprint density at radius 2 is 1.70 bits per heavy atom. The summed E-state index contributed by atoms with van der Waals surface area (Å²) in [6, 6.07) is 11.5. The van der Waals surface area contributed by atoms with Crippen molar-refractivity contribution in [3.63, 3.8) is 0 Å². The summed E-state index contributed by atoms with van der Waals surface area (Å²) in [5.41, 5.74) is 1.50. The van der Waals surface area contributed by atoms with Crippen molar-refractivity contribution in [2.24, 2.45) is 0 Å². The van der Waals surface area contributed by atoms with Crippen molar-refractivity contribution in [2.75, 3.05) is 39.2 Å². The van der Waals surface area contributed by atoms with Crippen LogP contribution in [0, 0.1) is 5.82 Å². The lowest BCUT2D eigenvalue weighted by atomic mass is 10.0. The van der Waals surface area contributed by atoms with Crippen LogP contribution in [0.15, 0.2) is 42.5 Å². The molecule has 0 atom stereocenters. The molecule has 0 spiro atoms. The predicted molar refractivity (Wildman–Crippen MR) is 116 cm³/mol. The molecule has 2 aromatic rings. The van der Waals surface area contributed by atoms with Crippen LogP contribution < -0.4 is 14.8 Å². The van der Waals surface area contributed by atoms with Crippen molar-refractivity contribution in [3.8, 4) is 11.5 Å². The van der Waals surface area contributed by atoms with Crippen molar-refractivity contribution in [1.82, 2.24) is 9.80 Å². The largest absolute Gasteiger partial charge is 0.497 e. The molecule has 6 nitrogen and oxygen atoms in total. The van der Waals surface area contributed by atoms with Gasteiger partial charge in [0.15, 0.2) is 0 Å². The number of nitrogens with one attached hydrogen (secondary N) is 1. The molecule has 3 rings (SSSR count). The zero-order chi connectivity index (χ0) is 21.5. The van der Waals surface area contributed by atoms with Gasteiger partial charge in [0.05, 0.1) is 14.2 Å². The number of likely N-dealkylation sites (tertiary alicyclic amines) is 1. The molecule has 1 aliphatic rings. The van der Waals surface area contributed by atoms with Crippen LogP contribution in [-0.2, 0) is 6.54 Å². The monoisotopic (exact) mass is 415 g/mol. The first-order valence-corrected chi connectivity index (χ1v) is 10.3. The topological polar surface area (TPSA) is 54.0 Å². The van der Waals surface area contributed by atoms with E-state index < -0.39 is 0 Å². The number of amides is 2. The molecule has 0 radical (unpaired) electrons. The molecule has 2 amide bonds. The number of benzene rings is 2. The number of hydrogen-bond acceptors (Lipinski definition) is 4. The van der Waals surface area contributed by atoms with Gasteiger partial charge in [-0.2, -0.15) is 0 Å². The zero-order valence-corrected chi connectivity index (χ0v) is 17.9. The Balaban J connectivity index is 1.79. The normalized spacial score (nSPS) is 14.9. The highest BCUT2D eigenvalue weighted by Crippen LogP contribution is 2.27. The number of methoxy groups -OCH3 is 2. The molecule has 0 bridgehead atoms. The minimum atomic E-state index is -0.283. The van der Waals surface area contributed by atoms with E-state index in [1.165, 1.54) is 12.1 Å². The Bertz CT molecular complexity index is 814. The van der Waals surface area contributed by atoms with E-state index in [1.807, 2.05) is 4.90 Å². The number of halogens is 1. The third-order valence-corrected chi connectivity index (χ3v) is 5.57. The summed E-state index contributed by atoms with van der Waals surface area (Å²) in [5, 5.41) is 2.98. The van der Waals surface area contributed by atoms with Crippen molar-refractivity contribution in [2.45, 2.75) is 32.4 Å². The Labute approximate surface area is 177 Å². The lowest BCUT2D eigenvalue weighted by Gasteiger charge is -2.38. The Morgan fingerprint density at radius 1 is 1.10 bits per heavy atom. The summed E-state index contributed by atoms with van der Waals surface area (Å²) in [4.78, 5) is 17.5. The molecule has 1 N–H and O–H groups in total. The summed E-state index contributed by atoms with van der Waals surface area (Å²) < 4.78 is 23.9. The maximum Gasteiger partial charge on any atom is 0.322 e. The summed E-state index contributed by atoms with van der Waals surface area (Å²) in [6.45, 7) is 5.51. The molecule has 162 valence electrons. The number of rotatable bonds is 7. The number of carbonyl (C=O) groups is 1. The first-order chi connectivity index (χ1) is 14.5. The third kappa shape index (κ3) is 5.63. The fourth-order valence-electron chi connectivity index (χ4n) is 3.78. The summed E-state index contributed by atoms with van der Waals surface area (Å²) >= 11 is 0. The first kappa shape index (κ1) is 21.9. The number of anilines is 1. The number of nitrogens with zero attached hydrogens (tertiary/aromatic N) is 2. The van der Waals surface area contributed by atoms with E-state index in [0.717, 1.165) is 38.0 Å². The molecule has 7 heteroatoms. The number of ether oxygens (including phenoxy) is 2. The van der Waals surface area contributed by atoms with Crippen LogP contribution >= 0.6 is 0 Å². The van der Waals surface area contributed by atoms with Gasteiger partial charge in [0, 0.05) is 49.6 Å². The number of piperidine rings is 1. The second-order valence-electron chi connectivity index (χ2n) is 7.45. The smallest absolute Gasteiger partial charge is 0.322 e. The Kier molecular flexibility index (Phi) is 7.52. The van der Waals surface area contributed by atoms with E-state index in [-0.39, 0.29) is 17.9 Å². The molecule has 30 heavy (non-hydrogen) atoms. The van der Waals surface area contributed by atoms with Gasteiger partial charge in [0.2, 0.25) is 0 Å². The predicted octanol–water partition coefficient (Wildman–Crippen LogP) is 4.36. The van der Waals surface area contributed by atoms with Crippen molar-refractivity contribution in [3.05, 3.63) is 53.8 Å². The van der Waals surface area contributed by atoms with Crippen LogP contribution in [0.4, 0.5) is 14.9 Å². The van der Waals surface area contributed by atoms with Crippen LogP contribution in [0.2, 0.25) is 0 Å². The lowest BCUT2D eigenvalue weighted by molar-refractivity contribution is 0.126. The van der Waals surface area contributed by atoms with Gasteiger partial charge < -0.3 is 24.6 Å². The van der Waals surface area contributed by atoms with Gasteiger partial charge >= 0.3 is 6.03 Å². The number of urea groups is 1. The molecule has 0 aliphatic carbocycles. The van der Waals surface area contributed by atoms with E-state index in [4.69, 9.17) is 9.47 Å². The molecule has 0 unspecified atom stereocenters. The van der Waals surface area contributed by atoms with Crippen LogP contribution in [0.25, 0.3) is 0 Å². The van der Waals surface area contributed by atoms with E-state index in [2.05, 4.69) is 17.1 Å². The quantitative estimate of drug-likeness (QED) is 0.730. The van der Waals surface area contributed by atoms with Gasteiger partial charge in [-0.3, -0.25) is 0 Å². The average Bonchev–Trinajstić information content (AvgIpc) is 2.78. The van der Waals surface area contributed by atoms with Crippen LogP contribution in [0.1, 0.15) is 25.3 Å². The highest BCUT2D eigenvalue weighted by Gasteiger charge is 2.28. The SMILES string of the molecule is CCN1CCC(N(Cc2ccc(F)cc2)C(=O)Nc2cc(OC)cc(OC)c2)CC1. The fraction of sp³-hybridized carbons (Fsp3) is 0.435. The molecule has 0 aromatic heterocycles. The maximum absolute atomic E-state index is 13.3.